The van der Waals surface area contributed by atoms with Crippen LogP contribution in [0.15, 0.2) is 59.6 Å². The summed E-state index contributed by atoms with van der Waals surface area (Å²) in [7, 11) is 0. The minimum Gasteiger partial charge on any atom is -0.341 e. The van der Waals surface area contributed by atoms with E-state index in [1.807, 2.05) is 0 Å². The second-order valence-corrected chi connectivity index (χ2v) is 5.67. The molecule has 0 radical (unpaired) electrons. The maximum absolute atomic E-state index is 12.5. The number of pyridine rings is 1. The molecule has 5 nitrogen and oxygen atoms in total. The van der Waals surface area contributed by atoms with Crippen LogP contribution in [-0.4, -0.2) is 34.6 Å². The van der Waals surface area contributed by atoms with E-state index in [0.717, 1.165) is 36.0 Å². The van der Waals surface area contributed by atoms with Crippen molar-refractivity contribution in [1.82, 2.24) is 9.88 Å². The quantitative estimate of drug-likeness (QED) is 0.684. The van der Waals surface area contributed by atoms with Crippen LogP contribution in [0.1, 0.15) is 21.5 Å². The average Bonchev–Trinajstić information content (AvgIpc) is 3.05. The number of fused-ring (bicyclic) bond motifs is 3. The lowest BCUT2D eigenvalue weighted by Gasteiger charge is -2.31. The van der Waals surface area contributed by atoms with E-state index in [0.29, 0.717) is 5.56 Å². The Balaban J connectivity index is 1.74. The van der Waals surface area contributed by atoms with E-state index in [1.54, 1.807) is 30.6 Å². The number of rotatable bonds is 2. The van der Waals surface area contributed by atoms with Gasteiger partial charge in [0.1, 0.15) is 11.7 Å². The molecule has 0 fully saturated rings. The molecule has 0 amide bonds. The molecule has 0 saturated heterocycles. The number of allylic oxidation sites excluding steroid dienone is 1. The number of hydrogen-bond donors (Lipinski definition) is 1. The molecule has 1 N–H and O–H groups in total. The third-order valence-electron chi connectivity index (χ3n) is 4.02. The Kier molecular flexibility index (Phi) is 3.19. The van der Waals surface area contributed by atoms with E-state index >= 15 is 0 Å². The number of aromatic nitrogens is 1. The summed E-state index contributed by atoms with van der Waals surface area (Å²) in [6, 6.07) is 9.77. The highest BCUT2D eigenvalue weighted by Crippen LogP contribution is 2.30. The van der Waals surface area contributed by atoms with Gasteiger partial charge in [0.25, 0.3) is 0 Å². The highest BCUT2D eigenvalue weighted by Gasteiger charge is 2.29. The Hall–Kier alpha value is -2.95. The highest BCUT2D eigenvalue weighted by atomic mass is 16.1. The van der Waals surface area contributed by atoms with E-state index in [-0.39, 0.29) is 5.78 Å². The summed E-state index contributed by atoms with van der Waals surface area (Å²) in [4.78, 5) is 23.1. The van der Waals surface area contributed by atoms with Crippen LogP contribution in [0.4, 0.5) is 5.69 Å². The first-order chi connectivity index (χ1) is 11.2. The third-order valence-corrected chi connectivity index (χ3v) is 4.02. The molecule has 0 spiro atoms. The second-order valence-electron chi connectivity index (χ2n) is 5.67. The van der Waals surface area contributed by atoms with E-state index in [2.05, 4.69) is 45.3 Å². The Morgan fingerprint density at radius 2 is 2.26 bits per heavy atom. The van der Waals surface area contributed by atoms with Gasteiger partial charge < -0.3 is 10.2 Å². The first kappa shape index (κ1) is 13.7. The van der Waals surface area contributed by atoms with Gasteiger partial charge in [0.15, 0.2) is 5.78 Å². The zero-order chi connectivity index (χ0) is 15.8. The van der Waals surface area contributed by atoms with Crippen molar-refractivity contribution >= 4 is 17.3 Å². The van der Waals surface area contributed by atoms with Gasteiger partial charge in [0, 0.05) is 36.1 Å². The molecule has 1 aromatic heterocycles. The molecule has 0 atom stereocenters. The second kappa shape index (κ2) is 5.35. The number of carbonyl (C=O) groups is 1. The topological polar surface area (TPSA) is 57.6 Å². The molecule has 0 unspecified atom stereocenters. The van der Waals surface area contributed by atoms with Gasteiger partial charge in [-0.25, -0.2) is 0 Å². The van der Waals surface area contributed by atoms with Gasteiger partial charge in [-0.2, -0.15) is 0 Å². The number of ketones is 1. The molecule has 1 aromatic carbocycles. The van der Waals surface area contributed by atoms with Gasteiger partial charge in [-0.3, -0.25) is 14.8 Å². The molecular weight excluding hydrogens is 288 g/mol. The Labute approximate surface area is 134 Å². The van der Waals surface area contributed by atoms with Crippen LogP contribution in [0.2, 0.25) is 0 Å². The van der Waals surface area contributed by atoms with Crippen LogP contribution in [0, 0.1) is 6.92 Å². The molecule has 23 heavy (non-hydrogen) atoms. The van der Waals surface area contributed by atoms with Gasteiger partial charge in [0.2, 0.25) is 0 Å². The van der Waals surface area contributed by atoms with Crippen molar-refractivity contribution in [2.24, 2.45) is 4.99 Å². The van der Waals surface area contributed by atoms with Crippen molar-refractivity contribution in [2.45, 2.75) is 6.92 Å². The highest BCUT2D eigenvalue weighted by molar-refractivity contribution is 6.10. The van der Waals surface area contributed by atoms with Crippen LogP contribution >= 0.6 is 0 Å². The fourth-order valence-electron chi connectivity index (χ4n) is 2.90. The average molecular weight is 304 g/mol. The van der Waals surface area contributed by atoms with Crippen molar-refractivity contribution in [2.75, 3.05) is 18.4 Å². The fraction of sp³-hybridized carbons (Fsp3) is 0.167. The number of carbonyl (C=O) groups excluding carboxylic acids is 1. The van der Waals surface area contributed by atoms with Crippen LogP contribution in [0.3, 0.4) is 0 Å². The Bertz CT molecular complexity index is 839. The summed E-state index contributed by atoms with van der Waals surface area (Å²) in [5.41, 5.74) is 3.82. The van der Waals surface area contributed by atoms with Crippen LogP contribution in [0.5, 0.6) is 0 Å². The van der Waals surface area contributed by atoms with E-state index in [4.69, 9.17) is 0 Å². The summed E-state index contributed by atoms with van der Waals surface area (Å²) in [6.45, 7) is 3.57. The molecule has 114 valence electrons. The van der Waals surface area contributed by atoms with Crippen molar-refractivity contribution in [3.8, 4) is 0 Å². The molecule has 0 bridgehead atoms. The van der Waals surface area contributed by atoms with Crippen LogP contribution < -0.4 is 5.32 Å². The van der Waals surface area contributed by atoms with Gasteiger partial charge in [-0.05, 0) is 36.8 Å². The zero-order valence-electron chi connectivity index (χ0n) is 12.8. The number of nitrogens with zero attached hydrogens (tertiary/aromatic N) is 3. The summed E-state index contributed by atoms with van der Waals surface area (Å²) in [5.74, 6) is 1.64. The zero-order valence-corrected chi connectivity index (χ0v) is 12.8. The molecule has 5 heteroatoms. The van der Waals surface area contributed by atoms with Gasteiger partial charge in [-0.1, -0.05) is 6.07 Å². The lowest BCUT2D eigenvalue weighted by atomic mass is 10.1. The first-order valence-electron chi connectivity index (χ1n) is 7.58. The molecule has 2 aliphatic heterocycles. The van der Waals surface area contributed by atoms with Crippen LogP contribution in [-0.2, 0) is 0 Å². The minimum atomic E-state index is -0.0667. The van der Waals surface area contributed by atoms with Crippen molar-refractivity contribution in [3.05, 3.63) is 71.3 Å². The molecular formula is C18H16N4O. The monoisotopic (exact) mass is 304 g/mol. The maximum atomic E-state index is 12.5. The number of benzene rings is 1. The number of amidine groups is 1. The van der Waals surface area contributed by atoms with Crippen molar-refractivity contribution < 1.29 is 4.79 Å². The Morgan fingerprint density at radius 1 is 1.35 bits per heavy atom. The number of anilines is 1. The van der Waals surface area contributed by atoms with E-state index in [1.165, 1.54) is 5.56 Å². The van der Waals surface area contributed by atoms with E-state index in [9.17, 15) is 4.79 Å². The summed E-state index contributed by atoms with van der Waals surface area (Å²) in [6.07, 6.45) is 4.87. The molecule has 2 aromatic rings. The van der Waals surface area contributed by atoms with Gasteiger partial charge >= 0.3 is 0 Å². The van der Waals surface area contributed by atoms with Crippen molar-refractivity contribution in [3.63, 3.8) is 0 Å². The van der Waals surface area contributed by atoms with Gasteiger partial charge in [-0.15, -0.1) is 0 Å². The van der Waals surface area contributed by atoms with E-state index < -0.39 is 0 Å². The Morgan fingerprint density at radius 3 is 3.09 bits per heavy atom. The first-order valence-corrected chi connectivity index (χ1v) is 7.58. The summed E-state index contributed by atoms with van der Waals surface area (Å²) < 4.78 is 0. The number of nitrogens with one attached hydrogen (secondary N) is 1. The molecule has 0 aliphatic carbocycles. The molecule has 4 rings (SSSR count). The summed E-state index contributed by atoms with van der Waals surface area (Å²) in [5, 5.41) is 3.37. The lowest BCUT2D eigenvalue weighted by molar-refractivity contribution is 0.104. The number of aryl methyl sites for hydroxylation is 1. The maximum Gasteiger partial charge on any atom is 0.191 e. The van der Waals surface area contributed by atoms with Crippen LogP contribution in [0.25, 0.3) is 0 Å². The minimum absolute atomic E-state index is 0.0667. The fourth-order valence-corrected chi connectivity index (χ4v) is 2.90. The largest absolute Gasteiger partial charge is 0.341 e. The SMILES string of the molecule is Cc1ccc2c(c1)NC(=CC(=O)c1cccnc1)N1CCN=C21. The normalized spacial score (nSPS) is 17.3. The number of aliphatic imine (C=N–C) groups is 1. The number of hydrogen-bond acceptors (Lipinski definition) is 5. The molecule has 3 heterocycles. The standard InChI is InChI=1S/C18H16N4O/c1-12-4-5-14-15(9-12)21-17(22-8-7-20-18(14)22)10-16(23)13-3-2-6-19-11-13/h2-6,9-11,21H,7-8H2,1H3. The smallest absolute Gasteiger partial charge is 0.191 e. The predicted molar refractivity (Wildman–Crippen MR) is 89.6 cm³/mol. The van der Waals surface area contributed by atoms with Crippen molar-refractivity contribution in [1.29, 1.82) is 0 Å². The lowest BCUT2D eigenvalue weighted by Crippen LogP contribution is -2.36. The third kappa shape index (κ3) is 2.40. The summed E-state index contributed by atoms with van der Waals surface area (Å²) >= 11 is 0. The molecule has 0 saturated carbocycles. The van der Waals surface area contributed by atoms with Gasteiger partial charge in [0.05, 0.1) is 12.2 Å². The molecule has 2 aliphatic rings. The predicted octanol–water partition coefficient (Wildman–Crippen LogP) is 2.60.